The Morgan fingerprint density at radius 2 is 1.72 bits per heavy atom. The van der Waals surface area contributed by atoms with E-state index in [1.807, 2.05) is 96.1 Å². The van der Waals surface area contributed by atoms with Crippen molar-refractivity contribution in [1.82, 2.24) is 4.90 Å². The first-order chi connectivity index (χ1) is 15.0. The van der Waals surface area contributed by atoms with Gasteiger partial charge in [0.15, 0.2) is 0 Å². The fourth-order valence-corrected chi connectivity index (χ4v) is 3.72. The summed E-state index contributed by atoms with van der Waals surface area (Å²) in [7, 11) is 0. The molecule has 0 bridgehead atoms. The molecule has 0 saturated carbocycles. The molecular weight excluding hydrogens is 406 g/mol. The first-order valence-corrected chi connectivity index (χ1v) is 10.9. The number of amides is 1. The van der Waals surface area contributed by atoms with Gasteiger partial charge in [-0.25, -0.2) is 4.79 Å². The average Bonchev–Trinajstić information content (AvgIpc) is 3.06. The molecular formula is C26H33NO5. The zero-order valence-corrected chi connectivity index (χ0v) is 19.8. The molecule has 0 aromatic heterocycles. The maximum atomic E-state index is 13.0. The summed E-state index contributed by atoms with van der Waals surface area (Å²) in [6, 6.07) is 17.0. The standard InChI is InChI=1S/C26H33NO5/c1-18(23(28)32-25(2,3)4)20-12-14-21(15-13-20)22-17-31-26(5,6)27(22)24(29)30-16-19-10-8-7-9-11-19/h7-15,18,22H,16-17H2,1-6H3/t18-,22-/m1/s1. The van der Waals surface area contributed by atoms with E-state index < -0.39 is 17.4 Å². The molecule has 32 heavy (non-hydrogen) atoms. The maximum Gasteiger partial charge on any atom is 0.412 e. The molecule has 2 aromatic carbocycles. The van der Waals surface area contributed by atoms with Crippen LogP contribution in [0.3, 0.4) is 0 Å². The van der Waals surface area contributed by atoms with Crippen molar-refractivity contribution in [2.45, 2.75) is 71.4 Å². The van der Waals surface area contributed by atoms with Gasteiger partial charge in [0.2, 0.25) is 0 Å². The number of carbonyl (C=O) groups excluding carboxylic acids is 2. The van der Waals surface area contributed by atoms with Gasteiger partial charge in [-0.3, -0.25) is 9.69 Å². The molecule has 0 N–H and O–H groups in total. The highest BCUT2D eigenvalue weighted by atomic mass is 16.6. The monoisotopic (exact) mass is 439 g/mol. The van der Waals surface area contributed by atoms with Gasteiger partial charge in [0.1, 0.15) is 17.9 Å². The Balaban J connectivity index is 1.72. The van der Waals surface area contributed by atoms with E-state index in [-0.39, 0.29) is 24.5 Å². The van der Waals surface area contributed by atoms with Crippen molar-refractivity contribution in [2.75, 3.05) is 6.61 Å². The molecule has 172 valence electrons. The van der Waals surface area contributed by atoms with Gasteiger partial charge in [0.25, 0.3) is 0 Å². The summed E-state index contributed by atoms with van der Waals surface area (Å²) in [4.78, 5) is 27.0. The lowest BCUT2D eigenvalue weighted by atomic mass is 9.97. The Morgan fingerprint density at radius 1 is 1.09 bits per heavy atom. The number of benzene rings is 2. The van der Waals surface area contributed by atoms with Gasteiger partial charge in [-0.2, -0.15) is 0 Å². The second-order valence-corrected chi connectivity index (χ2v) is 9.61. The van der Waals surface area contributed by atoms with E-state index in [1.165, 1.54) is 0 Å². The van der Waals surface area contributed by atoms with Crippen LogP contribution >= 0.6 is 0 Å². The van der Waals surface area contributed by atoms with Gasteiger partial charge in [-0.15, -0.1) is 0 Å². The number of esters is 1. The van der Waals surface area contributed by atoms with Crippen LogP contribution in [-0.4, -0.2) is 34.9 Å². The molecule has 6 nitrogen and oxygen atoms in total. The number of nitrogens with zero attached hydrogens (tertiary/aromatic N) is 1. The molecule has 0 spiro atoms. The number of ether oxygens (including phenoxy) is 3. The van der Waals surface area contributed by atoms with Crippen molar-refractivity contribution in [3.05, 3.63) is 71.3 Å². The number of carbonyl (C=O) groups is 2. The second kappa shape index (κ2) is 9.33. The first kappa shape index (κ1) is 23.8. The van der Waals surface area contributed by atoms with Crippen molar-refractivity contribution in [3.8, 4) is 0 Å². The molecule has 6 heteroatoms. The molecule has 3 rings (SSSR count). The van der Waals surface area contributed by atoms with Crippen LogP contribution in [0.2, 0.25) is 0 Å². The van der Waals surface area contributed by atoms with E-state index in [0.717, 1.165) is 16.7 Å². The zero-order chi connectivity index (χ0) is 23.5. The minimum absolute atomic E-state index is 0.200. The van der Waals surface area contributed by atoms with E-state index in [1.54, 1.807) is 4.90 Å². The molecule has 1 amide bonds. The zero-order valence-electron chi connectivity index (χ0n) is 19.8. The normalized spacial score (nSPS) is 18.8. The van der Waals surface area contributed by atoms with Crippen molar-refractivity contribution in [2.24, 2.45) is 0 Å². The molecule has 2 atom stereocenters. The van der Waals surface area contributed by atoms with Gasteiger partial charge >= 0.3 is 12.1 Å². The third kappa shape index (κ3) is 5.68. The van der Waals surface area contributed by atoms with Crippen LogP contribution in [0.4, 0.5) is 4.79 Å². The minimum atomic E-state index is -0.791. The first-order valence-electron chi connectivity index (χ1n) is 10.9. The van der Waals surface area contributed by atoms with Crippen molar-refractivity contribution in [1.29, 1.82) is 0 Å². The van der Waals surface area contributed by atoms with Crippen molar-refractivity contribution >= 4 is 12.1 Å². The lowest BCUT2D eigenvalue weighted by Gasteiger charge is -2.33. The lowest BCUT2D eigenvalue weighted by Crippen LogP contribution is -2.45. The van der Waals surface area contributed by atoms with Gasteiger partial charge < -0.3 is 14.2 Å². The third-order valence-corrected chi connectivity index (χ3v) is 5.47. The fourth-order valence-electron chi connectivity index (χ4n) is 3.72. The molecule has 1 heterocycles. The third-order valence-electron chi connectivity index (χ3n) is 5.47. The largest absolute Gasteiger partial charge is 0.460 e. The van der Waals surface area contributed by atoms with E-state index in [9.17, 15) is 9.59 Å². The van der Waals surface area contributed by atoms with Crippen LogP contribution in [0, 0.1) is 0 Å². The number of rotatable bonds is 5. The number of hydrogen-bond acceptors (Lipinski definition) is 5. The molecule has 1 fully saturated rings. The summed E-state index contributed by atoms with van der Waals surface area (Å²) in [6.07, 6.45) is -0.424. The van der Waals surface area contributed by atoms with Crippen LogP contribution in [0.15, 0.2) is 54.6 Å². The van der Waals surface area contributed by atoms with E-state index >= 15 is 0 Å². The van der Waals surface area contributed by atoms with Crippen LogP contribution in [0.5, 0.6) is 0 Å². The summed E-state index contributed by atoms with van der Waals surface area (Å²) in [5.41, 5.74) is 1.39. The van der Waals surface area contributed by atoms with Crippen LogP contribution in [0.1, 0.15) is 70.2 Å². The highest BCUT2D eigenvalue weighted by molar-refractivity contribution is 5.78. The Bertz CT molecular complexity index is 931. The van der Waals surface area contributed by atoms with Gasteiger partial charge in [0, 0.05) is 0 Å². The van der Waals surface area contributed by atoms with E-state index in [4.69, 9.17) is 14.2 Å². The average molecular weight is 440 g/mol. The Labute approximate surface area is 190 Å². The molecule has 1 aliphatic rings. The molecule has 1 aliphatic heterocycles. The predicted molar refractivity (Wildman–Crippen MR) is 122 cm³/mol. The lowest BCUT2D eigenvalue weighted by molar-refractivity contribution is -0.156. The van der Waals surface area contributed by atoms with E-state index in [2.05, 4.69) is 0 Å². The van der Waals surface area contributed by atoms with Crippen molar-refractivity contribution in [3.63, 3.8) is 0 Å². The summed E-state index contributed by atoms with van der Waals surface area (Å²) < 4.78 is 17.0. The van der Waals surface area contributed by atoms with E-state index in [0.29, 0.717) is 6.61 Å². The quantitative estimate of drug-likeness (QED) is 0.569. The molecule has 1 saturated heterocycles. The number of hydrogen-bond donors (Lipinski definition) is 0. The smallest absolute Gasteiger partial charge is 0.412 e. The highest BCUT2D eigenvalue weighted by Crippen LogP contribution is 2.38. The Morgan fingerprint density at radius 3 is 2.31 bits per heavy atom. The molecule has 2 aromatic rings. The molecule has 0 aliphatic carbocycles. The minimum Gasteiger partial charge on any atom is -0.460 e. The summed E-state index contributed by atoms with van der Waals surface area (Å²) in [5, 5.41) is 0. The van der Waals surface area contributed by atoms with Gasteiger partial charge in [-0.1, -0.05) is 54.6 Å². The highest BCUT2D eigenvalue weighted by Gasteiger charge is 2.45. The fraction of sp³-hybridized carbons (Fsp3) is 0.462. The van der Waals surface area contributed by atoms with Crippen LogP contribution in [-0.2, 0) is 25.6 Å². The van der Waals surface area contributed by atoms with Crippen LogP contribution < -0.4 is 0 Å². The summed E-state index contributed by atoms with van der Waals surface area (Å²) in [6.45, 7) is 11.7. The maximum absolute atomic E-state index is 13.0. The SMILES string of the molecule is C[C@@H](C(=O)OC(C)(C)C)c1ccc([C@H]2COC(C)(C)N2C(=O)OCc2ccccc2)cc1. The predicted octanol–water partition coefficient (Wildman–Crippen LogP) is 5.58. The topological polar surface area (TPSA) is 65.1 Å². The summed E-state index contributed by atoms with van der Waals surface area (Å²) in [5.74, 6) is -0.645. The Hall–Kier alpha value is -2.86. The second-order valence-electron chi connectivity index (χ2n) is 9.61. The van der Waals surface area contributed by atoms with Crippen molar-refractivity contribution < 1.29 is 23.8 Å². The molecule has 0 unspecified atom stereocenters. The van der Waals surface area contributed by atoms with Crippen LogP contribution in [0.25, 0.3) is 0 Å². The van der Waals surface area contributed by atoms with Gasteiger partial charge in [-0.05, 0) is 58.2 Å². The summed E-state index contributed by atoms with van der Waals surface area (Å²) >= 11 is 0. The van der Waals surface area contributed by atoms with Gasteiger partial charge in [0.05, 0.1) is 18.6 Å². The molecule has 0 radical (unpaired) electrons. The Kier molecular flexibility index (Phi) is 6.94.